The minimum atomic E-state index is -4.15. The van der Waals surface area contributed by atoms with E-state index in [0.29, 0.717) is 0 Å². The van der Waals surface area contributed by atoms with Gasteiger partial charge in [-0.25, -0.2) is 17.2 Å². The largest absolute Gasteiger partial charge is 0.486 e. The van der Waals surface area contributed by atoms with E-state index in [9.17, 15) is 27.1 Å². The SMILES string of the molecule is Cc1cccc(S(=O)(=O)N2C[C@H](CC3(C(=O)O)CCOCC3)Oc3ccc(-c4cc(Cl)cc(F)c4F)cc32)c1. The number of hydrogen-bond donors (Lipinski definition) is 1. The Labute approximate surface area is 230 Å². The van der Waals surface area contributed by atoms with Gasteiger partial charge in [-0.3, -0.25) is 9.10 Å². The van der Waals surface area contributed by atoms with Crippen LogP contribution in [0.3, 0.4) is 0 Å². The summed E-state index contributed by atoms with van der Waals surface area (Å²) in [4.78, 5) is 12.3. The van der Waals surface area contributed by atoms with E-state index < -0.39 is 39.1 Å². The van der Waals surface area contributed by atoms with Gasteiger partial charge in [0.05, 0.1) is 22.5 Å². The molecule has 3 aromatic rings. The maximum absolute atomic E-state index is 14.7. The van der Waals surface area contributed by atoms with Crippen LogP contribution in [-0.2, 0) is 19.6 Å². The molecule has 1 fully saturated rings. The maximum Gasteiger partial charge on any atom is 0.309 e. The first-order valence-corrected chi connectivity index (χ1v) is 14.2. The fourth-order valence-corrected chi connectivity index (χ4v) is 6.99. The van der Waals surface area contributed by atoms with Gasteiger partial charge in [-0.2, -0.15) is 0 Å². The van der Waals surface area contributed by atoms with E-state index in [-0.39, 0.29) is 71.5 Å². The first-order valence-electron chi connectivity index (χ1n) is 12.4. The van der Waals surface area contributed by atoms with E-state index in [4.69, 9.17) is 21.1 Å². The van der Waals surface area contributed by atoms with Crippen LogP contribution in [0.1, 0.15) is 24.8 Å². The highest BCUT2D eigenvalue weighted by Gasteiger charge is 2.45. The number of anilines is 1. The third kappa shape index (κ3) is 5.20. The van der Waals surface area contributed by atoms with Crippen molar-refractivity contribution in [2.75, 3.05) is 24.1 Å². The predicted octanol–water partition coefficient (Wildman–Crippen LogP) is 5.82. The van der Waals surface area contributed by atoms with Gasteiger partial charge in [-0.1, -0.05) is 29.8 Å². The number of carboxylic acids is 1. The summed E-state index contributed by atoms with van der Waals surface area (Å²) >= 11 is 5.97. The van der Waals surface area contributed by atoms with E-state index in [1.165, 1.54) is 36.4 Å². The zero-order chi connectivity index (χ0) is 27.9. The number of carboxylic acid groups (broad SMARTS) is 1. The standard InChI is InChI=1S/C28H26ClF2NO6S/c1-17-3-2-4-21(11-17)39(35,36)32-16-20(15-28(27(33)34)7-9-37-10-8-28)38-25-6-5-18(12-24(25)32)22-13-19(29)14-23(30)26(22)31/h2-6,11-14,20H,7-10,15-16H2,1H3,(H,33,34)/t20-/m0/s1. The Kier molecular flexibility index (Phi) is 7.30. The highest BCUT2D eigenvalue weighted by atomic mass is 35.5. The van der Waals surface area contributed by atoms with Crippen LogP contribution in [0.25, 0.3) is 11.1 Å². The molecule has 1 N–H and O–H groups in total. The number of benzene rings is 3. The summed E-state index contributed by atoms with van der Waals surface area (Å²) in [6.07, 6.45) is -0.158. The van der Waals surface area contributed by atoms with Gasteiger partial charge in [-0.15, -0.1) is 0 Å². The summed E-state index contributed by atoms with van der Waals surface area (Å²) < 4.78 is 69.4. The van der Waals surface area contributed by atoms with Crippen LogP contribution in [-0.4, -0.2) is 45.4 Å². The zero-order valence-electron chi connectivity index (χ0n) is 21.0. The second-order valence-electron chi connectivity index (χ2n) is 9.93. The number of fused-ring (bicyclic) bond motifs is 1. The molecule has 2 aliphatic heterocycles. The molecule has 0 aromatic heterocycles. The Morgan fingerprint density at radius 1 is 1.13 bits per heavy atom. The molecule has 0 saturated carbocycles. The first kappa shape index (κ1) is 27.4. The molecule has 206 valence electrons. The Hall–Kier alpha value is -3.21. The van der Waals surface area contributed by atoms with Crippen LogP contribution in [0.2, 0.25) is 5.02 Å². The number of hydrogen-bond acceptors (Lipinski definition) is 5. The summed E-state index contributed by atoms with van der Waals surface area (Å²) in [6.45, 7) is 2.17. The average Bonchev–Trinajstić information content (AvgIpc) is 2.90. The normalized spacial score (nSPS) is 18.8. The third-order valence-electron chi connectivity index (χ3n) is 7.29. The fraction of sp³-hybridized carbons (Fsp3) is 0.321. The van der Waals surface area contributed by atoms with E-state index in [0.717, 1.165) is 15.9 Å². The van der Waals surface area contributed by atoms with E-state index in [1.54, 1.807) is 19.1 Å². The second-order valence-corrected chi connectivity index (χ2v) is 12.2. The summed E-state index contributed by atoms with van der Waals surface area (Å²) in [7, 11) is -4.15. The van der Waals surface area contributed by atoms with Crippen molar-refractivity contribution in [3.05, 3.63) is 76.8 Å². The number of ether oxygens (including phenoxy) is 2. The first-order chi connectivity index (χ1) is 18.5. The number of aliphatic carboxylic acids is 1. The molecule has 1 atom stereocenters. The number of aryl methyl sites for hydroxylation is 1. The maximum atomic E-state index is 14.7. The van der Waals surface area contributed by atoms with Gasteiger partial charge in [0.15, 0.2) is 11.6 Å². The van der Waals surface area contributed by atoms with E-state index in [2.05, 4.69) is 0 Å². The lowest BCUT2D eigenvalue weighted by Gasteiger charge is -2.40. The fourth-order valence-electron chi connectivity index (χ4n) is 5.19. The highest BCUT2D eigenvalue weighted by Crippen LogP contribution is 2.44. The van der Waals surface area contributed by atoms with Crippen molar-refractivity contribution in [2.24, 2.45) is 5.41 Å². The molecule has 0 radical (unpaired) electrons. The molecular weight excluding hydrogens is 552 g/mol. The van der Waals surface area contributed by atoms with Crippen molar-refractivity contribution < 1.29 is 36.6 Å². The Morgan fingerprint density at radius 2 is 1.87 bits per heavy atom. The summed E-state index contributed by atoms with van der Waals surface area (Å²) in [6, 6.07) is 12.9. The molecule has 11 heteroatoms. The van der Waals surface area contributed by atoms with Crippen LogP contribution in [0.4, 0.5) is 14.5 Å². The molecular formula is C28H26ClF2NO6S. The van der Waals surface area contributed by atoms with Gasteiger partial charge < -0.3 is 14.6 Å². The summed E-state index contributed by atoms with van der Waals surface area (Å²) in [5.74, 6) is -3.06. The number of halogens is 3. The molecule has 0 bridgehead atoms. The molecule has 0 unspecified atom stereocenters. The Balaban J connectivity index is 1.61. The molecule has 39 heavy (non-hydrogen) atoms. The highest BCUT2D eigenvalue weighted by molar-refractivity contribution is 7.92. The second kappa shape index (κ2) is 10.4. The lowest BCUT2D eigenvalue weighted by molar-refractivity contribution is -0.157. The minimum absolute atomic E-state index is 0.0161. The van der Waals surface area contributed by atoms with Gasteiger partial charge in [-0.05, 0) is 67.3 Å². The van der Waals surface area contributed by atoms with Gasteiger partial charge in [0.25, 0.3) is 10.0 Å². The molecule has 2 heterocycles. The third-order valence-corrected chi connectivity index (χ3v) is 9.29. The lowest BCUT2D eigenvalue weighted by Crippen LogP contribution is -2.48. The minimum Gasteiger partial charge on any atom is -0.486 e. The molecule has 1 saturated heterocycles. The number of carbonyl (C=O) groups is 1. The van der Waals surface area contributed by atoms with Gasteiger partial charge >= 0.3 is 5.97 Å². The summed E-state index contributed by atoms with van der Waals surface area (Å²) in [5.41, 5.74) is -0.198. The molecule has 2 aliphatic rings. The lowest BCUT2D eigenvalue weighted by atomic mass is 9.75. The molecule has 0 spiro atoms. The van der Waals surface area contributed by atoms with Crippen LogP contribution >= 0.6 is 11.6 Å². The van der Waals surface area contributed by atoms with Crippen molar-refractivity contribution in [2.45, 2.75) is 37.2 Å². The van der Waals surface area contributed by atoms with Gasteiger partial charge in [0, 0.05) is 30.2 Å². The van der Waals surface area contributed by atoms with E-state index >= 15 is 0 Å². The van der Waals surface area contributed by atoms with Crippen LogP contribution < -0.4 is 9.04 Å². The Bertz CT molecular complexity index is 1540. The molecule has 3 aromatic carbocycles. The van der Waals surface area contributed by atoms with E-state index in [1.807, 2.05) is 0 Å². The Morgan fingerprint density at radius 3 is 2.56 bits per heavy atom. The van der Waals surface area contributed by atoms with Crippen LogP contribution in [0.15, 0.2) is 59.5 Å². The number of sulfonamides is 1. The van der Waals surface area contributed by atoms with Crippen molar-refractivity contribution in [1.82, 2.24) is 0 Å². The van der Waals surface area contributed by atoms with Crippen molar-refractivity contribution >= 4 is 33.3 Å². The quantitative estimate of drug-likeness (QED) is 0.371. The molecule has 0 aliphatic carbocycles. The molecule has 5 rings (SSSR count). The monoisotopic (exact) mass is 577 g/mol. The predicted molar refractivity (Wildman–Crippen MR) is 142 cm³/mol. The number of nitrogens with zero attached hydrogens (tertiary/aromatic N) is 1. The average molecular weight is 578 g/mol. The van der Waals surface area contributed by atoms with Crippen molar-refractivity contribution in [3.8, 4) is 16.9 Å². The smallest absolute Gasteiger partial charge is 0.309 e. The van der Waals surface area contributed by atoms with Crippen LogP contribution in [0, 0.1) is 24.0 Å². The van der Waals surface area contributed by atoms with Crippen molar-refractivity contribution in [3.63, 3.8) is 0 Å². The van der Waals surface area contributed by atoms with Gasteiger partial charge in [0.2, 0.25) is 0 Å². The van der Waals surface area contributed by atoms with Crippen molar-refractivity contribution in [1.29, 1.82) is 0 Å². The van der Waals surface area contributed by atoms with Crippen LogP contribution in [0.5, 0.6) is 5.75 Å². The topological polar surface area (TPSA) is 93.1 Å². The number of rotatable bonds is 6. The zero-order valence-corrected chi connectivity index (χ0v) is 22.6. The molecule has 0 amide bonds. The summed E-state index contributed by atoms with van der Waals surface area (Å²) in [5, 5.41) is 10.0. The molecule has 7 nitrogen and oxygen atoms in total. The van der Waals surface area contributed by atoms with Gasteiger partial charge in [0.1, 0.15) is 11.9 Å².